The monoisotopic (exact) mass is 406 g/mol. The van der Waals surface area contributed by atoms with Crippen LogP contribution in [0.4, 0.5) is 13.6 Å². The van der Waals surface area contributed by atoms with Gasteiger partial charge in [0.15, 0.2) is 0 Å². The highest BCUT2D eigenvalue weighted by molar-refractivity contribution is 5.72. The number of alkyl carbamates (subject to hydrolysis) is 1. The molecule has 2 amide bonds. The number of carbonyl (C=O) groups excluding carboxylic acids is 2. The van der Waals surface area contributed by atoms with Crippen LogP contribution in [0.25, 0.3) is 0 Å². The molecule has 29 heavy (non-hydrogen) atoms. The second kappa shape index (κ2) is 10.5. The van der Waals surface area contributed by atoms with Crippen LogP contribution in [0, 0.1) is 0 Å². The zero-order valence-corrected chi connectivity index (χ0v) is 16.0. The lowest BCUT2D eigenvalue weighted by Crippen LogP contribution is -2.56. The van der Waals surface area contributed by atoms with Gasteiger partial charge in [-0.05, 0) is 17.5 Å². The molecular formula is C21H24F2N2O4. The van der Waals surface area contributed by atoms with E-state index < -0.39 is 36.6 Å². The molecule has 0 fully saturated rings. The third-order valence-electron chi connectivity index (χ3n) is 4.20. The second-order valence-electron chi connectivity index (χ2n) is 6.62. The molecule has 2 aromatic rings. The lowest BCUT2D eigenvalue weighted by Gasteiger charge is -2.30. The number of benzene rings is 2. The van der Waals surface area contributed by atoms with E-state index in [4.69, 9.17) is 4.74 Å². The Hall–Kier alpha value is -3.00. The molecule has 0 saturated carbocycles. The van der Waals surface area contributed by atoms with Crippen LogP contribution in [0.5, 0.6) is 0 Å². The fraction of sp³-hybridized carbons (Fsp3) is 0.333. The van der Waals surface area contributed by atoms with Crippen molar-refractivity contribution in [1.82, 2.24) is 10.6 Å². The molecule has 0 bridgehead atoms. The van der Waals surface area contributed by atoms with Gasteiger partial charge in [0.25, 0.3) is 5.92 Å². The normalized spacial score (nSPS) is 13.2. The van der Waals surface area contributed by atoms with Gasteiger partial charge in [0.2, 0.25) is 5.91 Å². The van der Waals surface area contributed by atoms with Gasteiger partial charge in [0.1, 0.15) is 12.7 Å². The van der Waals surface area contributed by atoms with Crippen molar-refractivity contribution < 1.29 is 28.2 Å². The van der Waals surface area contributed by atoms with Gasteiger partial charge in [-0.1, -0.05) is 60.7 Å². The summed E-state index contributed by atoms with van der Waals surface area (Å²) in [5.74, 6) is -4.30. The molecule has 0 aromatic heterocycles. The minimum atomic E-state index is -3.65. The third-order valence-corrected chi connectivity index (χ3v) is 4.20. The number of nitrogens with one attached hydrogen (secondary N) is 2. The summed E-state index contributed by atoms with van der Waals surface area (Å²) < 4.78 is 33.8. The molecule has 0 heterocycles. The van der Waals surface area contributed by atoms with Gasteiger partial charge < -0.3 is 20.5 Å². The lowest BCUT2D eigenvalue weighted by molar-refractivity contribution is -0.131. The zero-order chi connectivity index (χ0) is 21.3. The van der Waals surface area contributed by atoms with E-state index in [9.17, 15) is 23.5 Å². The zero-order valence-electron chi connectivity index (χ0n) is 16.0. The summed E-state index contributed by atoms with van der Waals surface area (Å²) in [7, 11) is 0. The van der Waals surface area contributed by atoms with E-state index in [0.29, 0.717) is 5.56 Å². The van der Waals surface area contributed by atoms with E-state index in [1.54, 1.807) is 54.6 Å². The quantitative estimate of drug-likeness (QED) is 0.598. The lowest BCUT2D eigenvalue weighted by atomic mass is 9.97. The molecule has 0 aliphatic rings. The maximum absolute atomic E-state index is 14.4. The van der Waals surface area contributed by atoms with Gasteiger partial charge in [-0.25, -0.2) is 13.6 Å². The first-order chi connectivity index (χ1) is 13.8. The number of aliphatic hydroxyl groups excluding tert-OH is 1. The van der Waals surface area contributed by atoms with Gasteiger partial charge in [0, 0.05) is 6.92 Å². The Morgan fingerprint density at radius 3 is 2.14 bits per heavy atom. The smallest absolute Gasteiger partial charge is 0.407 e. The highest BCUT2D eigenvalue weighted by Gasteiger charge is 2.44. The van der Waals surface area contributed by atoms with Crippen molar-refractivity contribution in [2.24, 2.45) is 0 Å². The molecule has 0 aliphatic heterocycles. The van der Waals surface area contributed by atoms with Gasteiger partial charge in [-0.15, -0.1) is 0 Å². The van der Waals surface area contributed by atoms with E-state index in [1.807, 2.05) is 11.4 Å². The molecule has 2 atom stereocenters. The fourth-order valence-corrected chi connectivity index (χ4v) is 2.67. The predicted molar refractivity (Wildman–Crippen MR) is 103 cm³/mol. The number of rotatable bonds is 9. The first kappa shape index (κ1) is 22.3. The van der Waals surface area contributed by atoms with E-state index >= 15 is 0 Å². The minimum absolute atomic E-state index is 0.0386. The molecular weight excluding hydrogens is 382 g/mol. The average molecular weight is 406 g/mol. The van der Waals surface area contributed by atoms with Crippen molar-refractivity contribution >= 4 is 12.0 Å². The van der Waals surface area contributed by atoms with Crippen LogP contribution in [0.1, 0.15) is 18.1 Å². The number of halogens is 2. The summed E-state index contributed by atoms with van der Waals surface area (Å²) in [6.45, 7) is 0.0156. The number of hydrogen-bond acceptors (Lipinski definition) is 4. The Morgan fingerprint density at radius 2 is 1.59 bits per heavy atom. The highest BCUT2D eigenvalue weighted by Crippen LogP contribution is 2.22. The topological polar surface area (TPSA) is 87.7 Å². The van der Waals surface area contributed by atoms with Crippen molar-refractivity contribution in [2.45, 2.75) is 38.0 Å². The van der Waals surface area contributed by atoms with Gasteiger partial charge in [-0.3, -0.25) is 4.79 Å². The summed E-state index contributed by atoms with van der Waals surface area (Å²) in [4.78, 5) is 23.1. The second-order valence-corrected chi connectivity index (χ2v) is 6.62. The molecule has 3 N–H and O–H groups in total. The Balaban J connectivity index is 2.07. The van der Waals surface area contributed by atoms with E-state index in [2.05, 4.69) is 5.32 Å². The van der Waals surface area contributed by atoms with Crippen molar-refractivity contribution in [3.05, 3.63) is 71.8 Å². The molecule has 0 saturated heterocycles. The van der Waals surface area contributed by atoms with Crippen LogP contribution >= 0.6 is 0 Å². The first-order valence-corrected chi connectivity index (χ1v) is 9.09. The van der Waals surface area contributed by atoms with Crippen LogP contribution in [0.3, 0.4) is 0 Å². The molecule has 6 nitrogen and oxygen atoms in total. The fourth-order valence-electron chi connectivity index (χ4n) is 2.67. The molecule has 0 aliphatic carbocycles. The van der Waals surface area contributed by atoms with Crippen molar-refractivity contribution in [3.63, 3.8) is 0 Å². The Bertz CT molecular complexity index is 788. The molecule has 2 aromatic carbocycles. The molecule has 2 rings (SSSR count). The molecule has 8 heteroatoms. The van der Waals surface area contributed by atoms with Crippen molar-refractivity contribution in [2.75, 3.05) is 6.54 Å². The van der Waals surface area contributed by atoms with E-state index in [-0.39, 0.29) is 13.0 Å². The number of hydrogen-bond donors (Lipinski definition) is 3. The molecule has 2 unspecified atom stereocenters. The first-order valence-electron chi connectivity index (χ1n) is 9.09. The molecule has 0 radical (unpaired) electrons. The number of ether oxygens (including phenoxy) is 1. The maximum atomic E-state index is 14.4. The van der Waals surface area contributed by atoms with E-state index in [0.717, 1.165) is 12.5 Å². The minimum Gasteiger partial charge on any atom is -0.445 e. The Morgan fingerprint density at radius 1 is 1.03 bits per heavy atom. The standard InChI is InChI=1S/C21H24F2N2O4/c1-15(26)24-14-21(22,23)19(27)18(12-16-8-4-2-5-9-16)25-20(28)29-13-17-10-6-3-7-11-17/h2-11,18-19,27H,12-14H2,1H3,(H,24,26)(H,25,28). The highest BCUT2D eigenvalue weighted by atomic mass is 19.3. The summed E-state index contributed by atoms with van der Waals surface area (Å²) in [6.07, 6.45) is -3.21. The number of alkyl halides is 2. The maximum Gasteiger partial charge on any atom is 0.407 e. The summed E-state index contributed by atoms with van der Waals surface area (Å²) in [5, 5.41) is 14.6. The van der Waals surface area contributed by atoms with Crippen molar-refractivity contribution in [3.8, 4) is 0 Å². The predicted octanol–water partition coefficient (Wildman–Crippen LogP) is 2.66. The number of carbonyl (C=O) groups is 2. The Kier molecular flexibility index (Phi) is 8.09. The van der Waals surface area contributed by atoms with Gasteiger partial charge >= 0.3 is 6.09 Å². The van der Waals surface area contributed by atoms with Crippen molar-refractivity contribution in [1.29, 1.82) is 0 Å². The SMILES string of the molecule is CC(=O)NCC(F)(F)C(O)C(Cc1ccccc1)NC(=O)OCc1ccccc1. The summed E-state index contributed by atoms with van der Waals surface area (Å²) in [5.41, 5.74) is 1.38. The largest absolute Gasteiger partial charge is 0.445 e. The summed E-state index contributed by atoms with van der Waals surface area (Å²) >= 11 is 0. The third kappa shape index (κ3) is 7.50. The van der Waals surface area contributed by atoms with Crippen LogP contribution in [-0.2, 0) is 22.6 Å². The van der Waals surface area contributed by atoms with E-state index in [1.165, 1.54) is 0 Å². The van der Waals surface area contributed by atoms with Crippen LogP contribution in [0.15, 0.2) is 60.7 Å². The number of amides is 2. The average Bonchev–Trinajstić information content (AvgIpc) is 2.71. The van der Waals surface area contributed by atoms with Crippen LogP contribution in [0.2, 0.25) is 0 Å². The van der Waals surface area contributed by atoms with Crippen LogP contribution in [-0.4, -0.2) is 41.7 Å². The Labute approximate surface area is 167 Å². The van der Waals surface area contributed by atoms with Gasteiger partial charge in [-0.2, -0.15) is 0 Å². The van der Waals surface area contributed by atoms with Gasteiger partial charge in [0.05, 0.1) is 12.6 Å². The summed E-state index contributed by atoms with van der Waals surface area (Å²) in [6, 6.07) is 16.2. The number of aliphatic hydroxyl groups is 1. The van der Waals surface area contributed by atoms with Crippen LogP contribution < -0.4 is 10.6 Å². The molecule has 0 spiro atoms. The molecule has 156 valence electrons.